The van der Waals surface area contributed by atoms with Gasteiger partial charge in [0.25, 0.3) is 0 Å². The van der Waals surface area contributed by atoms with Crippen LogP contribution in [0.3, 0.4) is 0 Å². The number of nitrogens with zero attached hydrogens (tertiary/aromatic N) is 2. The molecule has 0 saturated carbocycles. The molecule has 0 atom stereocenters. The largest absolute Gasteiger partial charge is 0.493 e. The SMILES string of the molecule is CCOc1cc(CCCNC(=NC)NCc2c(CC)noc2CC)ccc1OC.I. The lowest BCUT2D eigenvalue weighted by atomic mass is 10.1. The number of nitrogens with one attached hydrogen (secondary N) is 2. The Morgan fingerprint density at radius 2 is 1.93 bits per heavy atom. The molecule has 0 aliphatic rings. The van der Waals surface area contributed by atoms with E-state index in [1.807, 2.05) is 13.0 Å². The molecule has 0 unspecified atom stereocenters. The van der Waals surface area contributed by atoms with Gasteiger partial charge < -0.3 is 24.6 Å². The molecule has 2 aromatic rings. The molecule has 0 saturated heterocycles. The molecule has 30 heavy (non-hydrogen) atoms. The molecule has 0 bridgehead atoms. The average Bonchev–Trinajstić information content (AvgIpc) is 3.15. The van der Waals surface area contributed by atoms with Gasteiger partial charge in [0.1, 0.15) is 5.76 Å². The first kappa shape index (κ1) is 26.1. The van der Waals surface area contributed by atoms with Crippen molar-refractivity contribution in [3.8, 4) is 11.5 Å². The Morgan fingerprint density at radius 1 is 1.13 bits per heavy atom. The fourth-order valence-corrected chi connectivity index (χ4v) is 3.17. The summed E-state index contributed by atoms with van der Waals surface area (Å²) in [6, 6.07) is 6.10. The Kier molecular flexibility index (Phi) is 12.3. The van der Waals surface area contributed by atoms with Crippen molar-refractivity contribution in [1.82, 2.24) is 15.8 Å². The van der Waals surface area contributed by atoms with Crippen molar-refractivity contribution in [2.75, 3.05) is 27.3 Å². The van der Waals surface area contributed by atoms with E-state index in [0.29, 0.717) is 13.2 Å². The lowest BCUT2D eigenvalue weighted by molar-refractivity contribution is 0.310. The fourth-order valence-electron chi connectivity index (χ4n) is 3.17. The number of methoxy groups -OCH3 is 1. The van der Waals surface area contributed by atoms with Crippen molar-refractivity contribution in [3.63, 3.8) is 0 Å². The Bertz CT molecular complexity index is 771. The zero-order valence-corrected chi connectivity index (χ0v) is 21.0. The average molecular weight is 530 g/mol. The van der Waals surface area contributed by atoms with Crippen molar-refractivity contribution < 1.29 is 14.0 Å². The van der Waals surface area contributed by atoms with E-state index >= 15 is 0 Å². The Morgan fingerprint density at radius 3 is 2.57 bits per heavy atom. The second kappa shape index (κ2) is 14.1. The summed E-state index contributed by atoms with van der Waals surface area (Å²) in [5.74, 6) is 3.28. The van der Waals surface area contributed by atoms with Gasteiger partial charge in [-0.15, -0.1) is 24.0 Å². The Hall–Kier alpha value is -1.97. The molecule has 0 fully saturated rings. The first-order chi connectivity index (χ1) is 14.2. The highest BCUT2D eigenvalue weighted by Crippen LogP contribution is 2.28. The summed E-state index contributed by atoms with van der Waals surface area (Å²) < 4.78 is 16.4. The summed E-state index contributed by atoms with van der Waals surface area (Å²) in [7, 11) is 3.44. The van der Waals surface area contributed by atoms with Crippen LogP contribution in [0.4, 0.5) is 0 Å². The van der Waals surface area contributed by atoms with Crippen molar-refractivity contribution >= 4 is 29.9 Å². The maximum atomic E-state index is 5.65. The van der Waals surface area contributed by atoms with Gasteiger partial charge in [-0.3, -0.25) is 4.99 Å². The second-order valence-electron chi connectivity index (χ2n) is 6.61. The molecule has 8 heteroatoms. The summed E-state index contributed by atoms with van der Waals surface area (Å²) in [5.41, 5.74) is 3.37. The third-order valence-corrected chi connectivity index (χ3v) is 4.73. The third-order valence-electron chi connectivity index (χ3n) is 4.73. The topological polar surface area (TPSA) is 80.9 Å². The van der Waals surface area contributed by atoms with Crippen LogP contribution in [0.2, 0.25) is 0 Å². The van der Waals surface area contributed by atoms with Gasteiger partial charge in [-0.05, 0) is 43.9 Å². The minimum absolute atomic E-state index is 0. The number of benzene rings is 1. The van der Waals surface area contributed by atoms with E-state index in [4.69, 9.17) is 14.0 Å². The molecule has 0 aliphatic heterocycles. The zero-order valence-electron chi connectivity index (χ0n) is 18.7. The molecule has 7 nitrogen and oxygen atoms in total. The summed E-state index contributed by atoms with van der Waals surface area (Å²) in [4.78, 5) is 4.31. The zero-order chi connectivity index (χ0) is 21.1. The van der Waals surface area contributed by atoms with E-state index in [1.54, 1.807) is 14.2 Å². The second-order valence-corrected chi connectivity index (χ2v) is 6.61. The standard InChI is InChI=1S/C22H34N4O3.HI/c1-6-18-17(19(7-2)29-26-18)15-25-22(23-4)24-13-9-10-16-11-12-20(27-5)21(14-16)28-8-3;/h11-12,14H,6-10,13,15H2,1-5H3,(H2,23,24,25);1H. The summed E-state index contributed by atoms with van der Waals surface area (Å²) in [6.45, 7) is 8.24. The highest BCUT2D eigenvalue weighted by molar-refractivity contribution is 14.0. The van der Waals surface area contributed by atoms with E-state index in [1.165, 1.54) is 5.56 Å². The van der Waals surface area contributed by atoms with Crippen molar-refractivity contribution in [1.29, 1.82) is 0 Å². The van der Waals surface area contributed by atoms with E-state index in [2.05, 4.69) is 46.8 Å². The summed E-state index contributed by atoms with van der Waals surface area (Å²) in [6.07, 6.45) is 3.62. The number of aryl methyl sites for hydroxylation is 3. The van der Waals surface area contributed by atoms with E-state index in [0.717, 1.165) is 66.7 Å². The smallest absolute Gasteiger partial charge is 0.191 e. The minimum atomic E-state index is 0. The van der Waals surface area contributed by atoms with Crippen LogP contribution >= 0.6 is 24.0 Å². The Balaban J connectivity index is 0.00000450. The number of aromatic nitrogens is 1. The third kappa shape index (κ3) is 7.37. The fraction of sp³-hybridized carbons (Fsp3) is 0.545. The molecule has 0 aliphatic carbocycles. The van der Waals surface area contributed by atoms with E-state index in [9.17, 15) is 0 Å². The van der Waals surface area contributed by atoms with Crippen LogP contribution in [0, 0.1) is 0 Å². The molecule has 0 amide bonds. The summed E-state index contributed by atoms with van der Waals surface area (Å²) >= 11 is 0. The Labute approximate surface area is 197 Å². The van der Waals surface area contributed by atoms with Gasteiger partial charge in [0.05, 0.1) is 19.4 Å². The van der Waals surface area contributed by atoms with Gasteiger partial charge in [0.15, 0.2) is 17.5 Å². The number of guanidine groups is 1. The van der Waals surface area contributed by atoms with Crippen molar-refractivity contribution in [2.24, 2.45) is 4.99 Å². The minimum Gasteiger partial charge on any atom is -0.493 e. The number of aliphatic imine (C=N–C) groups is 1. The molecule has 1 heterocycles. The van der Waals surface area contributed by atoms with Crippen LogP contribution in [-0.4, -0.2) is 38.4 Å². The van der Waals surface area contributed by atoms with Crippen LogP contribution < -0.4 is 20.1 Å². The number of ether oxygens (including phenoxy) is 2. The van der Waals surface area contributed by atoms with Crippen LogP contribution in [0.1, 0.15) is 49.8 Å². The predicted octanol–water partition coefficient (Wildman–Crippen LogP) is 4.12. The lowest BCUT2D eigenvalue weighted by Crippen LogP contribution is -2.37. The highest BCUT2D eigenvalue weighted by atomic mass is 127. The number of rotatable bonds is 11. The lowest BCUT2D eigenvalue weighted by Gasteiger charge is -2.13. The van der Waals surface area contributed by atoms with Crippen molar-refractivity contribution in [3.05, 3.63) is 40.8 Å². The quantitative estimate of drug-likeness (QED) is 0.197. The van der Waals surface area contributed by atoms with Crippen molar-refractivity contribution in [2.45, 2.75) is 53.0 Å². The number of halogens is 1. The molecule has 2 N–H and O–H groups in total. The van der Waals surface area contributed by atoms with E-state index in [-0.39, 0.29) is 24.0 Å². The van der Waals surface area contributed by atoms with Gasteiger partial charge in [-0.1, -0.05) is 25.1 Å². The first-order valence-electron chi connectivity index (χ1n) is 10.4. The maximum Gasteiger partial charge on any atom is 0.191 e. The van der Waals surface area contributed by atoms with Crippen LogP contribution in [0.25, 0.3) is 0 Å². The van der Waals surface area contributed by atoms with E-state index < -0.39 is 0 Å². The highest BCUT2D eigenvalue weighted by Gasteiger charge is 2.13. The molecule has 1 aromatic heterocycles. The molecule has 1 aromatic carbocycles. The van der Waals surface area contributed by atoms with Gasteiger partial charge in [0, 0.05) is 32.1 Å². The first-order valence-corrected chi connectivity index (χ1v) is 10.4. The number of hydrogen-bond acceptors (Lipinski definition) is 5. The maximum absolute atomic E-state index is 5.65. The molecule has 0 radical (unpaired) electrons. The molecule has 168 valence electrons. The van der Waals surface area contributed by atoms with Gasteiger partial charge in [-0.2, -0.15) is 0 Å². The predicted molar refractivity (Wildman–Crippen MR) is 131 cm³/mol. The monoisotopic (exact) mass is 530 g/mol. The molecule has 2 rings (SSSR count). The molecule has 0 spiro atoms. The van der Waals surface area contributed by atoms with Crippen LogP contribution in [-0.2, 0) is 25.8 Å². The number of hydrogen-bond donors (Lipinski definition) is 2. The van der Waals surface area contributed by atoms with Gasteiger partial charge in [0.2, 0.25) is 0 Å². The summed E-state index contributed by atoms with van der Waals surface area (Å²) in [5, 5.41) is 10.9. The van der Waals surface area contributed by atoms with Crippen LogP contribution in [0.5, 0.6) is 11.5 Å². The van der Waals surface area contributed by atoms with Gasteiger partial charge in [-0.25, -0.2) is 0 Å². The molecular weight excluding hydrogens is 495 g/mol. The normalized spacial score (nSPS) is 11.0. The molecular formula is C22H35IN4O3. The van der Waals surface area contributed by atoms with Crippen LogP contribution in [0.15, 0.2) is 27.7 Å². The van der Waals surface area contributed by atoms with Gasteiger partial charge >= 0.3 is 0 Å².